The van der Waals surface area contributed by atoms with E-state index < -0.39 is 24.1 Å². The van der Waals surface area contributed by atoms with Gasteiger partial charge in [-0.3, -0.25) is 0 Å². The quantitative estimate of drug-likeness (QED) is 0.831. The van der Waals surface area contributed by atoms with Crippen molar-refractivity contribution in [2.45, 2.75) is 43.9 Å². The summed E-state index contributed by atoms with van der Waals surface area (Å²) in [5.41, 5.74) is 1.09. The highest BCUT2D eigenvalue weighted by atomic mass is 19.1. The van der Waals surface area contributed by atoms with Crippen molar-refractivity contribution in [2.24, 2.45) is 5.92 Å². The molecule has 4 rings (SSSR count). The van der Waals surface area contributed by atoms with Crippen LogP contribution in [0.3, 0.4) is 0 Å². The molecule has 0 bridgehead atoms. The van der Waals surface area contributed by atoms with E-state index in [0.29, 0.717) is 16.9 Å². The average Bonchev–Trinajstić information content (AvgIpc) is 2.59. The number of hydrogen-bond acceptors (Lipinski definition) is 4. The predicted molar refractivity (Wildman–Crippen MR) is 89.4 cm³/mol. The zero-order valence-corrected chi connectivity index (χ0v) is 13.9. The summed E-state index contributed by atoms with van der Waals surface area (Å²) in [6.45, 7) is 1.84. The number of rotatable bonds is 1. The van der Waals surface area contributed by atoms with Crippen LogP contribution in [0.25, 0.3) is 0 Å². The molecule has 132 valence electrons. The maximum absolute atomic E-state index is 14.3. The monoisotopic (exact) mass is 344 g/mol. The Morgan fingerprint density at radius 1 is 1.00 bits per heavy atom. The number of para-hydroxylation sites is 1. The van der Waals surface area contributed by atoms with E-state index in [4.69, 9.17) is 9.47 Å². The zero-order valence-electron chi connectivity index (χ0n) is 13.9. The van der Waals surface area contributed by atoms with Gasteiger partial charge in [0.15, 0.2) is 0 Å². The minimum absolute atomic E-state index is 0.193. The summed E-state index contributed by atoms with van der Waals surface area (Å²) in [6.07, 6.45) is -1.71. The lowest BCUT2D eigenvalue weighted by atomic mass is 9.82. The topological polar surface area (TPSA) is 58.9 Å². The lowest BCUT2D eigenvalue weighted by Crippen LogP contribution is -2.53. The van der Waals surface area contributed by atoms with Crippen molar-refractivity contribution in [3.05, 3.63) is 65.5 Å². The van der Waals surface area contributed by atoms with E-state index in [0.717, 1.165) is 0 Å². The Bertz CT molecular complexity index is 780. The summed E-state index contributed by atoms with van der Waals surface area (Å²) in [5, 5.41) is 21.1. The van der Waals surface area contributed by atoms with E-state index in [-0.39, 0.29) is 24.6 Å². The van der Waals surface area contributed by atoms with Crippen LogP contribution in [0.1, 0.15) is 43.1 Å². The molecule has 0 saturated carbocycles. The van der Waals surface area contributed by atoms with Crippen LogP contribution in [0, 0.1) is 11.7 Å². The Hall–Kier alpha value is -1.95. The molecule has 0 aromatic heterocycles. The van der Waals surface area contributed by atoms with Gasteiger partial charge in [0.1, 0.15) is 11.6 Å². The Labute approximate surface area is 145 Å². The lowest BCUT2D eigenvalue weighted by Gasteiger charge is -2.49. The van der Waals surface area contributed by atoms with E-state index in [2.05, 4.69) is 0 Å². The Balaban J connectivity index is 1.71. The summed E-state index contributed by atoms with van der Waals surface area (Å²) < 4.78 is 26.6. The molecule has 2 aliphatic rings. The number of halogens is 1. The molecule has 1 saturated heterocycles. The largest absolute Gasteiger partial charge is 0.462 e. The fourth-order valence-electron chi connectivity index (χ4n) is 3.84. The van der Waals surface area contributed by atoms with Gasteiger partial charge < -0.3 is 19.7 Å². The Kier molecular flexibility index (Phi) is 4.02. The van der Waals surface area contributed by atoms with Gasteiger partial charge in [-0.2, -0.15) is 0 Å². The van der Waals surface area contributed by atoms with Gasteiger partial charge in [-0.25, -0.2) is 4.39 Å². The first-order chi connectivity index (χ1) is 12.0. The molecule has 25 heavy (non-hydrogen) atoms. The van der Waals surface area contributed by atoms with Crippen LogP contribution in [-0.2, 0) is 4.74 Å². The van der Waals surface area contributed by atoms with Gasteiger partial charge in [-0.15, -0.1) is 0 Å². The SMILES string of the molecule is C[C@H]1C(c2ccccc2F)O[C@]2(C[C@H](O)c3ccccc3O2)C[C@@H]1O. The molecular weight excluding hydrogens is 323 g/mol. The first kappa shape index (κ1) is 16.5. The second kappa shape index (κ2) is 6.09. The van der Waals surface area contributed by atoms with Crippen molar-refractivity contribution >= 4 is 0 Å². The van der Waals surface area contributed by atoms with E-state index >= 15 is 0 Å². The molecule has 5 heteroatoms. The molecule has 1 unspecified atom stereocenters. The number of ether oxygens (including phenoxy) is 2. The molecule has 2 heterocycles. The minimum atomic E-state index is -1.17. The Morgan fingerprint density at radius 2 is 1.68 bits per heavy atom. The van der Waals surface area contributed by atoms with Crippen LogP contribution < -0.4 is 4.74 Å². The second-order valence-corrected chi connectivity index (χ2v) is 6.96. The third-order valence-electron chi connectivity index (χ3n) is 5.24. The second-order valence-electron chi connectivity index (χ2n) is 6.96. The van der Waals surface area contributed by atoms with Crippen molar-refractivity contribution in [3.8, 4) is 5.75 Å². The highest BCUT2D eigenvalue weighted by Crippen LogP contribution is 2.49. The van der Waals surface area contributed by atoms with E-state index in [1.165, 1.54) is 6.07 Å². The molecule has 0 aliphatic carbocycles. The smallest absolute Gasteiger partial charge is 0.216 e. The van der Waals surface area contributed by atoms with Crippen LogP contribution in [0.15, 0.2) is 48.5 Å². The van der Waals surface area contributed by atoms with Crippen LogP contribution in [0.2, 0.25) is 0 Å². The average molecular weight is 344 g/mol. The van der Waals surface area contributed by atoms with Crippen LogP contribution >= 0.6 is 0 Å². The maximum atomic E-state index is 14.3. The number of aliphatic hydroxyl groups is 2. The highest BCUT2D eigenvalue weighted by molar-refractivity contribution is 5.37. The molecule has 2 N–H and O–H groups in total. The number of benzene rings is 2. The third-order valence-corrected chi connectivity index (χ3v) is 5.24. The van der Waals surface area contributed by atoms with Crippen LogP contribution in [-0.4, -0.2) is 22.1 Å². The minimum Gasteiger partial charge on any atom is -0.462 e. The molecule has 2 aromatic rings. The first-order valence-electron chi connectivity index (χ1n) is 8.55. The van der Waals surface area contributed by atoms with E-state index in [1.54, 1.807) is 24.3 Å². The third kappa shape index (κ3) is 2.82. The molecule has 5 atom stereocenters. The summed E-state index contributed by atoms with van der Waals surface area (Å²) in [4.78, 5) is 0. The lowest BCUT2D eigenvalue weighted by molar-refractivity contribution is -0.292. The van der Waals surface area contributed by atoms with Gasteiger partial charge in [0.05, 0.1) is 18.3 Å². The van der Waals surface area contributed by atoms with Crippen molar-refractivity contribution in [3.63, 3.8) is 0 Å². The molecule has 0 radical (unpaired) electrons. The molecule has 4 nitrogen and oxygen atoms in total. The highest BCUT2D eigenvalue weighted by Gasteiger charge is 2.51. The molecule has 2 aromatic carbocycles. The fraction of sp³-hybridized carbons (Fsp3) is 0.400. The fourth-order valence-corrected chi connectivity index (χ4v) is 3.84. The van der Waals surface area contributed by atoms with Crippen molar-refractivity contribution < 1.29 is 24.1 Å². The zero-order chi connectivity index (χ0) is 17.6. The van der Waals surface area contributed by atoms with Crippen molar-refractivity contribution in [1.82, 2.24) is 0 Å². The summed E-state index contributed by atoms with van der Waals surface area (Å²) in [6, 6.07) is 13.6. The summed E-state index contributed by atoms with van der Waals surface area (Å²) >= 11 is 0. The number of fused-ring (bicyclic) bond motifs is 1. The van der Waals surface area contributed by atoms with Gasteiger partial charge in [-0.1, -0.05) is 43.3 Å². The van der Waals surface area contributed by atoms with Gasteiger partial charge in [-0.05, 0) is 12.1 Å². The summed E-state index contributed by atoms with van der Waals surface area (Å²) in [7, 11) is 0. The van der Waals surface area contributed by atoms with Gasteiger partial charge in [0.2, 0.25) is 5.79 Å². The van der Waals surface area contributed by atoms with Gasteiger partial charge >= 0.3 is 0 Å². The summed E-state index contributed by atoms with van der Waals surface area (Å²) in [5.74, 6) is -1.30. The van der Waals surface area contributed by atoms with Crippen molar-refractivity contribution in [1.29, 1.82) is 0 Å². The molecule has 0 amide bonds. The molecule has 2 aliphatic heterocycles. The first-order valence-corrected chi connectivity index (χ1v) is 8.55. The number of aliphatic hydroxyl groups excluding tert-OH is 2. The predicted octanol–water partition coefficient (Wildman–Crippen LogP) is 3.50. The standard InChI is InChI=1S/C20H21FO4/c1-12-16(22)10-20(25-19(12)13-6-2-4-8-15(13)21)11-17(23)14-7-3-5-9-18(14)24-20/h2-9,12,16-17,19,22-23H,10-11H2,1H3/t12-,16+,17+,19?,20+/m1/s1. The van der Waals surface area contributed by atoms with E-state index in [1.807, 2.05) is 25.1 Å². The molecule has 1 fully saturated rings. The Morgan fingerprint density at radius 3 is 2.44 bits per heavy atom. The number of hydrogen-bond donors (Lipinski definition) is 2. The maximum Gasteiger partial charge on any atom is 0.216 e. The molecule has 1 spiro atoms. The normalized spacial score (nSPS) is 34.4. The molecular formula is C20H21FO4. The van der Waals surface area contributed by atoms with Gasteiger partial charge in [0, 0.05) is 29.9 Å². The van der Waals surface area contributed by atoms with Gasteiger partial charge in [0.25, 0.3) is 0 Å². The van der Waals surface area contributed by atoms with Crippen LogP contribution in [0.4, 0.5) is 4.39 Å². The van der Waals surface area contributed by atoms with Crippen LogP contribution in [0.5, 0.6) is 5.75 Å². The van der Waals surface area contributed by atoms with E-state index in [9.17, 15) is 14.6 Å². The van der Waals surface area contributed by atoms with Crippen molar-refractivity contribution in [2.75, 3.05) is 0 Å².